The van der Waals surface area contributed by atoms with Crippen LogP contribution in [-0.2, 0) is 0 Å². The smallest absolute Gasteiger partial charge is 0.405 e. The van der Waals surface area contributed by atoms with E-state index >= 15 is 0 Å². The van der Waals surface area contributed by atoms with E-state index in [0.29, 0.717) is 5.56 Å². The predicted octanol–water partition coefficient (Wildman–Crippen LogP) is 3.40. The summed E-state index contributed by atoms with van der Waals surface area (Å²) in [6, 6.07) is 6.29. The topological polar surface area (TPSA) is 21.3 Å². The third kappa shape index (κ3) is 3.36. The Bertz CT molecular complexity index is 372. The van der Waals surface area contributed by atoms with Crippen molar-refractivity contribution in [2.75, 3.05) is 6.54 Å². The lowest BCUT2D eigenvalue weighted by Gasteiger charge is -2.25. The van der Waals surface area contributed by atoms with Gasteiger partial charge in [-0.1, -0.05) is 24.6 Å². The fourth-order valence-corrected chi connectivity index (χ4v) is 2.10. The second-order valence-electron chi connectivity index (χ2n) is 4.09. The van der Waals surface area contributed by atoms with Gasteiger partial charge in [0, 0.05) is 11.6 Å². The minimum Gasteiger partial charge on any atom is -0.405 e. The fraction of sp³-hybridized carbons (Fsp3) is 0.500. The van der Waals surface area contributed by atoms with E-state index in [2.05, 4.69) is 10.1 Å². The molecule has 1 aromatic rings. The molecule has 0 aliphatic carbocycles. The molecule has 1 aromatic carbocycles. The van der Waals surface area contributed by atoms with E-state index in [9.17, 15) is 13.2 Å². The molecule has 2 rings (SSSR count). The molecule has 17 heavy (non-hydrogen) atoms. The van der Waals surface area contributed by atoms with Gasteiger partial charge in [-0.05, 0) is 25.5 Å². The maximum Gasteiger partial charge on any atom is 0.573 e. The van der Waals surface area contributed by atoms with E-state index < -0.39 is 6.36 Å². The molecule has 0 amide bonds. The Morgan fingerprint density at radius 1 is 1.18 bits per heavy atom. The molecule has 94 valence electrons. The first-order valence-corrected chi connectivity index (χ1v) is 5.64. The second kappa shape index (κ2) is 4.96. The largest absolute Gasteiger partial charge is 0.573 e. The van der Waals surface area contributed by atoms with Gasteiger partial charge in [-0.2, -0.15) is 0 Å². The highest BCUT2D eigenvalue weighted by Crippen LogP contribution is 2.33. The molecule has 0 aromatic heterocycles. The summed E-state index contributed by atoms with van der Waals surface area (Å²) in [6.45, 7) is 0.838. The number of alkyl halides is 3. The molecule has 0 unspecified atom stereocenters. The van der Waals surface area contributed by atoms with Gasteiger partial charge < -0.3 is 10.1 Å². The lowest BCUT2D eigenvalue weighted by Crippen LogP contribution is -2.28. The van der Waals surface area contributed by atoms with Crippen LogP contribution in [0.4, 0.5) is 13.2 Å². The summed E-state index contributed by atoms with van der Waals surface area (Å²) in [7, 11) is 0. The molecule has 0 radical (unpaired) electrons. The molecule has 1 fully saturated rings. The lowest BCUT2D eigenvalue weighted by atomic mass is 9.97. The first-order valence-electron chi connectivity index (χ1n) is 5.64. The molecule has 0 saturated carbocycles. The second-order valence-corrected chi connectivity index (χ2v) is 4.09. The number of rotatable bonds is 2. The van der Waals surface area contributed by atoms with Crippen molar-refractivity contribution in [1.29, 1.82) is 0 Å². The van der Waals surface area contributed by atoms with Crippen molar-refractivity contribution in [3.8, 4) is 5.75 Å². The number of hydrogen-bond acceptors (Lipinski definition) is 2. The molecule has 1 aliphatic rings. The van der Waals surface area contributed by atoms with E-state index in [1.54, 1.807) is 18.2 Å². The van der Waals surface area contributed by atoms with Crippen LogP contribution < -0.4 is 10.1 Å². The van der Waals surface area contributed by atoms with Gasteiger partial charge in [0.1, 0.15) is 5.75 Å². The van der Waals surface area contributed by atoms with Gasteiger partial charge in [-0.15, -0.1) is 13.2 Å². The first kappa shape index (κ1) is 12.2. The van der Waals surface area contributed by atoms with Crippen molar-refractivity contribution in [2.45, 2.75) is 31.7 Å². The van der Waals surface area contributed by atoms with E-state index in [1.807, 2.05) is 0 Å². The van der Waals surface area contributed by atoms with Gasteiger partial charge in [-0.25, -0.2) is 0 Å². The summed E-state index contributed by atoms with van der Waals surface area (Å²) in [5.41, 5.74) is 0.588. The summed E-state index contributed by atoms with van der Waals surface area (Å²) in [4.78, 5) is 0. The van der Waals surface area contributed by atoms with Crippen LogP contribution in [0.3, 0.4) is 0 Å². The van der Waals surface area contributed by atoms with E-state index in [0.717, 1.165) is 25.8 Å². The van der Waals surface area contributed by atoms with E-state index in [-0.39, 0.29) is 11.8 Å². The van der Waals surface area contributed by atoms with Crippen LogP contribution >= 0.6 is 0 Å². The van der Waals surface area contributed by atoms with Crippen LogP contribution in [0.15, 0.2) is 24.3 Å². The van der Waals surface area contributed by atoms with Crippen LogP contribution in [0, 0.1) is 0 Å². The summed E-state index contributed by atoms with van der Waals surface area (Å²) >= 11 is 0. The number of benzene rings is 1. The van der Waals surface area contributed by atoms with Gasteiger partial charge in [0.15, 0.2) is 0 Å². The number of nitrogens with one attached hydrogen (secondary N) is 1. The monoisotopic (exact) mass is 245 g/mol. The number of para-hydroxylation sites is 1. The lowest BCUT2D eigenvalue weighted by molar-refractivity contribution is -0.275. The quantitative estimate of drug-likeness (QED) is 0.862. The summed E-state index contributed by atoms with van der Waals surface area (Å²) < 4.78 is 40.8. The Balaban J connectivity index is 2.20. The summed E-state index contributed by atoms with van der Waals surface area (Å²) in [5.74, 6) is -0.0978. The van der Waals surface area contributed by atoms with Gasteiger partial charge in [0.2, 0.25) is 0 Å². The molecule has 1 saturated heterocycles. The highest BCUT2D eigenvalue weighted by Gasteiger charge is 2.33. The van der Waals surface area contributed by atoms with Crippen molar-refractivity contribution in [3.63, 3.8) is 0 Å². The number of piperidine rings is 1. The highest BCUT2D eigenvalue weighted by molar-refractivity contribution is 5.36. The molecular formula is C12H14F3NO. The zero-order valence-corrected chi connectivity index (χ0v) is 9.26. The molecule has 0 bridgehead atoms. The molecule has 2 nitrogen and oxygen atoms in total. The average Bonchev–Trinajstić information content (AvgIpc) is 2.29. The van der Waals surface area contributed by atoms with Crippen molar-refractivity contribution in [3.05, 3.63) is 29.8 Å². The minimum absolute atomic E-state index is 0.0395. The van der Waals surface area contributed by atoms with Crippen molar-refractivity contribution in [1.82, 2.24) is 5.32 Å². The number of hydrogen-bond donors (Lipinski definition) is 1. The van der Waals surface area contributed by atoms with Crippen LogP contribution in [0.2, 0.25) is 0 Å². The van der Waals surface area contributed by atoms with Gasteiger partial charge in [0.25, 0.3) is 0 Å². The van der Waals surface area contributed by atoms with Gasteiger partial charge in [-0.3, -0.25) is 0 Å². The number of ether oxygens (including phenoxy) is 1. The van der Waals surface area contributed by atoms with Gasteiger partial charge >= 0.3 is 6.36 Å². The third-order valence-electron chi connectivity index (χ3n) is 2.83. The Hall–Kier alpha value is -1.23. The Morgan fingerprint density at radius 3 is 2.59 bits per heavy atom. The van der Waals surface area contributed by atoms with Crippen molar-refractivity contribution < 1.29 is 17.9 Å². The molecule has 1 heterocycles. The Labute approximate surface area is 97.8 Å². The molecule has 5 heteroatoms. The molecule has 1 N–H and O–H groups in total. The molecule has 0 spiro atoms. The Kier molecular flexibility index (Phi) is 3.57. The van der Waals surface area contributed by atoms with Crippen LogP contribution in [-0.4, -0.2) is 12.9 Å². The minimum atomic E-state index is -4.63. The van der Waals surface area contributed by atoms with Crippen molar-refractivity contribution in [2.24, 2.45) is 0 Å². The first-order chi connectivity index (χ1) is 8.06. The van der Waals surface area contributed by atoms with Crippen molar-refractivity contribution >= 4 is 0 Å². The fourth-order valence-electron chi connectivity index (χ4n) is 2.10. The summed E-state index contributed by atoms with van der Waals surface area (Å²) in [6.07, 6.45) is -1.69. The third-order valence-corrected chi connectivity index (χ3v) is 2.83. The SMILES string of the molecule is FC(F)(F)Oc1ccccc1[C@H]1CCCCN1. The maximum absolute atomic E-state index is 12.2. The molecule has 1 atom stereocenters. The Morgan fingerprint density at radius 2 is 1.94 bits per heavy atom. The standard InChI is InChI=1S/C12H14F3NO/c13-12(14,15)17-11-7-2-1-5-9(11)10-6-3-4-8-16-10/h1-2,5,7,10,16H,3-4,6,8H2/t10-/m1/s1. The molecule has 1 aliphatic heterocycles. The average molecular weight is 245 g/mol. The highest BCUT2D eigenvalue weighted by atomic mass is 19.4. The number of halogens is 3. The summed E-state index contributed by atoms with van der Waals surface area (Å²) in [5, 5.41) is 3.21. The van der Waals surface area contributed by atoms with Crippen LogP contribution in [0.1, 0.15) is 30.9 Å². The van der Waals surface area contributed by atoms with Gasteiger partial charge in [0.05, 0.1) is 0 Å². The maximum atomic E-state index is 12.2. The zero-order valence-electron chi connectivity index (χ0n) is 9.26. The predicted molar refractivity (Wildman–Crippen MR) is 57.7 cm³/mol. The van der Waals surface area contributed by atoms with E-state index in [1.165, 1.54) is 6.07 Å². The van der Waals surface area contributed by atoms with E-state index in [4.69, 9.17) is 0 Å². The van der Waals surface area contributed by atoms with Crippen LogP contribution in [0.5, 0.6) is 5.75 Å². The molecular weight excluding hydrogens is 231 g/mol. The van der Waals surface area contributed by atoms with Crippen LogP contribution in [0.25, 0.3) is 0 Å². The normalized spacial score (nSPS) is 21.2. The zero-order chi connectivity index (χ0) is 12.3.